The standard InChI is InChI=1S/C43H65N3O7/c1-7-43(6,52)40(49)38(25-31(4)5)45-42(51)35(26-33-16-12-9-13-17-33)28-39(48)37(24-30(2)3)44-41(50)34(19-18-32-14-10-8-11-15-32)27-36(47)29-46-20-22-53-23-21-46/h8-17,30-31,34-35,37-38,40,49,52H,7,18-29H2,1-6H3,(H,44,50)(H,45,51)/t34-,35-,37+,38+,40-,43-/m1/s1. The third-order valence-corrected chi connectivity index (χ3v) is 10.3. The summed E-state index contributed by atoms with van der Waals surface area (Å²) in [7, 11) is 0. The van der Waals surface area contributed by atoms with E-state index in [0.29, 0.717) is 58.4 Å². The topological polar surface area (TPSA) is 145 Å². The number of Topliss-reactive ketones (excluding diaryl/α,β-unsaturated/α-hetero) is 2. The van der Waals surface area contributed by atoms with Gasteiger partial charge in [-0.3, -0.25) is 24.1 Å². The molecule has 10 nitrogen and oxygen atoms in total. The van der Waals surface area contributed by atoms with Gasteiger partial charge in [-0.25, -0.2) is 0 Å². The summed E-state index contributed by atoms with van der Waals surface area (Å²) in [6.45, 7) is 14.0. The molecular formula is C43H65N3O7. The lowest BCUT2D eigenvalue weighted by Crippen LogP contribution is -2.55. The lowest BCUT2D eigenvalue weighted by Gasteiger charge is -2.36. The molecule has 10 heteroatoms. The van der Waals surface area contributed by atoms with Gasteiger partial charge in [0.05, 0.1) is 37.4 Å². The molecule has 0 aliphatic carbocycles. The Hall–Kier alpha value is -3.44. The molecule has 294 valence electrons. The minimum absolute atomic E-state index is 0.0216. The number of carbonyl (C=O) groups excluding carboxylic acids is 4. The van der Waals surface area contributed by atoms with Gasteiger partial charge >= 0.3 is 0 Å². The first-order valence-corrected chi connectivity index (χ1v) is 19.6. The van der Waals surface area contributed by atoms with Crippen LogP contribution in [0.15, 0.2) is 60.7 Å². The van der Waals surface area contributed by atoms with Gasteiger partial charge in [-0.1, -0.05) is 95.3 Å². The zero-order chi connectivity index (χ0) is 39.0. The summed E-state index contributed by atoms with van der Waals surface area (Å²) in [4.78, 5) is 57.7. The molecule has 0 saturated carbocycles. The van der Waals surface area contributed by atoms with E-state index in [0.717, 1.165) is 11.1 Å². The minimum Gasteiger partial charge on any atom is -0.388 e. The Morgan fingerprint density at radius 1 is 0.811 bits per heavy atom. The monoisotopic (exact) mass is 735 g/mol. The van der Waals surface area contributed by atoms with Crippen LogP contribution in [0.4, 0.5) is 0 Å². The molecule has 2 aromatic carbocycles. The molecule has 3 rings (SSSR count). The van der Waals surface area contributed by atoms with Crippen molar-refractivity contribution in [2.24, 2.45) is 23.7 Å². The van der Waals surface area contributed by atoms with Gasteiger partial charge in [-0.15, -0.1) is 0 Å². The Kier molecular flexibility index (Phi) is 18.3. The Morgan fingerprint density at radius 2 is 1.38 bits per heavy atom. The van der Waals surface area contributed by atoms with Crippen molar-refractivity contribution in [1.82, 2.24) is 15.5 Å². The van der Waals surface area contributed by atoms with Gasteiger partial charge < -0.3 is 25.6 Å². The lowest BCUT2D eigenvalue weighted by molar-refractivity contribution is -0.135. The molecule has 53 heavy (non-hydrogen) atoms. The van der Waals surface area contributed by atoms with E-state index in [1.54, 1.807) is 13.8 Å². The third-order valence-electron chi connectivity index (χ3n) is 10.3. The summed E-state index contributed by atoms with van der Waals surface area (Å²) >= 11 is 0. The Morgan fingerprint density at radius 3 is 1.94 bits per heavy atom. The fourth-order valence-corrected chi connectivity index (χ4v) is 6.95. The summed E-state index contributed by atoms with van der Waals surface area (Å²) in [6.07, 6.45) is 1.20. The van der Waals surface area contributed by atoms with E-state index in [2.05, 4.69) is 15.5 Å². The number of hydrogen-bond donors (Lipinski definition) is 4. The van der Waals surface area contributed by atoms with E-state index in [9.17, 15) is 29.4 Å². The van der Waals surface area contributed by atoms with Crippen molar-refractivity contribution in [2.45, 2.75) is 117 Å². The van der Waals surface area contributed by atoms with Gasteiger partial charge in [0, 0.05) is 37.8 Å². The highest BCUT2D eigenvalue weighted by Gasteiger charge is 2.38. The van der Waals surface area contributed by atoms with Gasteiger partial charge in [-0.05, 0) is 68.4 Å². The molecule has 1 aliphatic rings. The van der Waals surface area contributed by atoms with Crippen LogP contribution >= 0.6 is 0 Å². The number of nitrogens with zero attached hydrogens (tertiary/aromatic N) is 1. The first kappa shape index (κ1) is 44.0. The van der Waals surface area contributed by atoms with Gasteiger partial charge in [0.25, 0.3) is 0 Å². The minimum atomic E-state index is -1.41. The van der Waals surface area contributed by atoms with Gasteiger partial charge in [-0.2, -0.15) is 0 Å². The second-order valence-electron chi connectivity index (χ2n) is 16.0. The molecule has 0 unspecified atom stereocenters. The van der Waals surface area contributed by atoms with Crippen LogP contribution in [-0.2, 0) is 36.8 Å². The highest BCUT2D eigenvalue weighted by Crippen LogP contribution is 2.24. The highest BCUT2D eigenvalue weighted by atomic mass is 16.5. The van der Waals surface area contributed by atoms with Gasteiger partial charge in [0.1, 0.15) is 11.9 Å². The van der Waals surface area contributed by atoms with Gasteiger partial charge in [0.15, 0.2) is 5.78 Å². The van der Waals surface area contributed by atoms with Crippen molar-refractivity contribution in [3.63, 3.8) is 0 Å². The second kappa shape index (κ2) is 22.1. The first-order valence-electron chi connectivity index (χ1n) is 19.6. The maximum atomic E-state index is 14.2. The van der Waals surface area contributed by atoms with Crippen molar-refractivity contribution in [1.29, 1.82) is 0 Å². The molecule has 4 N–H and O–H groups in total. The second-order valence-corrected chi connectivity index (χ2v) is 16.0. The number of aliphatic hydroxyl groups excluding tert-OH is 1. The summed E-state index contributed by atoms with van der Waals surface area (Å²) in [6, 6.07) is 17.7. The van der Waals surface area contributed by atoms with E-state index < -0.39 is 35.6 Å². The smallest absolute Gasteiger partial charge is 0.224 e. The molecule has 2 amide bonds. The molecule has 0 spiro atoms. The van der Waals surface area contributed by atoms with Crippen molar-refractivity contribution < 1.29 is 34.1 Å². The molecule has 1 fully saturated rings. The highest BCUT2D eigenvalue weighted by molar-refractivity contribution is 5.94. The fraction of sp³-hybridized carbons (Fsp3) is 0.628. The Bertz CT molecular complexity index is 1410. The number of morpholine rings is 1. The van der Waals surface area contributed by atoms with Crippen molar-refractivity contribution in [3.8, 4) is 0 Å². The van der Waals surface area contributed by atoms with Crippen LogP contribution in [0, 0.1) is 23.7 Å². The third kappa shape index (κ3) is 15.4. The van der Waals surface area contributed by atoms with E-state index in [-0.39, 0.29) is 61.0 Å². The van der Waals surface area contributed by atoms with E-state index in [4.69, 9.17) is 4.74 Å². The predicted octanol–water partition coefficient (Wildman–Crippen LogP) is 4.93. The molecule has 6 atom stereocenters. The molecule has 1 aliphatic heterocycles. The van der Waals surface area contributed by atoms with Crippen LogP contribution in [0.25, 0.3) is 0 Å². The molecule has 2 aromatic rings. The van der Waals surface area contributed by atoms with Crippen LogP contribution in [0.3, 0.4) is 0 Å². The molecule has 1 heterocycles. The molecule has 0 radical (unpaired) electrons. The Labute approximate surface area is 317 Å². The number of amides is 2. The van der Waals surface area contributed by atoms with E-state index in [1.807, 2.05) is 88.4 Å². The van der Waals surface area contributed by atoms with Crippen LogP contribution < -0.4 is 10.6 Å². The molecule has 0 bridgehead atoms. The summed E-state index contributed by atoms with van der Waals surface area (Å²) in [5, 5.41) is 28.1. The number of hydrogen-bond acceptors (Lipinski definition) is 8. The first-order chi connectivity index (χ1) is 25.2. The van der Waals surface area contributed by atoms with Crippen LogP contribution in [-0.4, -0.2) is 95.1 Å². The molecular weight excluding hydrogens is 670 g/mol. The quantitative estimate of drug-likeness (QED) is 0.126. The number of benzene rings is 2. The maximum absolute atomic E-state index is 14.2. The number of rotatable bonds is 23. The number of aryl methyl sites for hydroxylation is 1. The van der Waals surface area contributed by atoms with Crippen molar-refractivity contribution >= 4 is 23.4 Å². The van der Waals surface area contributed by atoms with Crippen LogP contribution in [0.2, 0.25) is 0 Å². The van der Waals surface area contributed by atoms with Crippen molar-refractivity contribution in [2.75, 3.05) is 32.8 Å². The fourth-order valence-electron chi connectivity index (χ4n) is 6.95. The average molecular weight is 736 g/mol. The number of aliphatic hydroxyl groups is 2. The maximum Gasteiger partial charge on any atom is 0.224 e. The summed E-state index contributed by atoms with van der Waals surface area (Å²) < 4.78 is 5.43. The van der Waals surface area contributed by atoms with Crippen molar-refractivity contribution in [3.05, 3.63) is 71.8 Å². The van der Waals surface area contributed by atoms with Crippen LogP contribution in [0.5, 0.6) is 0 Å². The number of carbonyl (C=O) groups is 4. The largest absolute Gasteiger partial charge is 0.388 e. The normalized spacial score (nSPS) is 17.7. The molecule has 0 aromatic heterocycles. The zero-order valence-electron chi connectivity index (χ0n) is 32.9. The van der Waals surface area contributed by atoms with E-state index in [1.165, 1.54) is 0 Å². The summed E-state index contributed by atoms with van der Waals surface area (Å²) in [5.41, 5.74) is 0.535. The molecule has 1 saturated heterocycles. The predicted molar refractivity (Wildman–Crippen MR) is 208 cm³/mol. The number of ketones is 2. The Balaban J connectivity index is 1.83. The average Bonchev–Trinajstić information content (AvgIpc) is 3.12. The van der Waals surface area contributed by atoms with Gasteiger partial charge in [0.2, 0.25) is 11.8 Å². The van der Waals surface area contributed by atoms with E-state index >= 15 is 0 Å². The summed E-state index contributed by atoms with van der Waals surface area (Å²) in [5.74, 6) is -2.22. The lowest BCUT2D eigenvalue weighted by atomic mass is 9.85. The van der Waals surface area contributed by atoms with Crippen LogP contribution in [0.1, 0.15) is 91.2 Å². The number of ether oxygens (including phenoxy) is 1. The SMILES string of the molecule is CC[C@@](C)(O)[C@H](O)[C@H](CC(C)C)NC(=O)[C@@H](CC(=O)[C@H](CC(C)C)NC(=O)[C@H](CCc1ccccc1)CC(=O)CN1CCOCC1)Cc1ccccc1. The number of nitrogens with one attached hydrogen (secondary N) is 2. The zero-order valence-corrected chi connectivity index (χ0v) is 32.9.